The number of amides is 1. The number of rotatable bonds is 3. The van der Waals surface area contributed by atoms with E-state index in [4.69, 9.17) is 0 Å². The molecule has 0 saturated carbocycles. The molecule has 2 aromatic rings. The average Bonchev–Trinajstić information content (AvgIpc) is 2.79. The topological polar surface area (TPSA) is 72.7 Å². The highest BCUT2D eigenvalue weighted by molar-refractivity contribution is 6.03. The van der Waals surface area contributed by atoms with Crippen molar-refractivity contribution in [2.75, 3.05) is 5.32 Å². The molecule has 2 aromatic heterocycles. The molecule has 0 aliphatic heterocycles. The Kier molecular flexibility index (Phi) is 3.03. The van der Waals surface area contributed by atoms with E-state index in [2.05, 4.69) is 20.6 Å². The Morgan fingerprint density at radius 2 is 2.18 bits per heavy atom. The predicted molar refractivity (Wildman–Crippen MR) is 53.5 cm³/mol. The monoisotopic (exact) mass is 239 g/mol. The van der Waals surface area contributed by atoms with Crippen LogP contribution >= 0.6 is 0 Å². The second kappa shape index (κ2) is 4.64. The van der Waals surface area contributed by atoms with Gasteiger partial charge < -0.3 is 5.32 Å². The minimum Gasteiger partial charge on any atom is -0.320 e. The molecule has 0 unspecified atom stereocenters. The number of nitrogens with one attached hydrogen (secondary N) is 1. The van der Waals surface area contributed by atoms with Crippen LogP contribution in [0.15, 0.2) is 30.9 Å². The summed E-state index contributed by atoms with van der Waals surface area (Å²) in [6, 6.07) is 1.53. The molecular formula is C9H7F2N5O. The average molecular weight is 239 g/mol. The van der Waals surface area contributed by atoms with Crippen LogP contribution in [0.4, 0.5) is 14.5 Å². The second-order valence-electron chi connectivity index (χ2n) is 3.07. The van der Waals surface area contributed by atoms with E-state index >= 15 is 0 Å². The van der Waals surface area contributed by atoms with Crippen molar-refractivity contribution < 1.29 is 13.6 Å². The first-order chi connectivity index (χ1) is 8.16. The largest absolute Gasteiger partial charge is 0.333 e. The van der Waals surface area contributed by atoms with E-state index in [0.29, 0.717) is 10.4 Å². The third-order valence-electron chi connectivity index (χ3n) is 1.91. The molecule has 0 bridgehead atoms. The summed E-state index contributed by atoms with van der Waals surface area (Å²) in [4.78, 5) is 11.6. The maximum atomic E-state index is 12.2. The van der Waals surface area contributed by atoms with E-state index < -0.39 is 12.5 Å². The van der Waals surface area contributed by atoms with Gasteiger partial charge in [0.05, 0.1) is 29.8 Å². The number of hydrogen-bond donors (Lipinski definition) is 1. The van der Waals surface area contributed by atoms with Crippen molar-refractivity contribution in [2.24, 2.45) is 0 Å². The molecule has 2 rings (SSSR count). The normalized spacial score (nSPS) is 10.5. The number of anilines is 1. The summed E-state index contributed by atoms with van der Waals surface area (Å²) in [5.41, 5.74) is 0.469. The van der Waals surface area contributed by atoms with Crippen LogP contribution in [0, 0.1) is 0 Å². The Hall–Kier alpha value is -2.38. The highest BCUT2D eigenvalue weighted by Gasteiger charge is 2.12. The molecule has 0 spiro atoms. The maximum Gasteiger partial charge on any atom is 0.333 e. The minimum absolute atomic E-state index is 0.0436. The molecule has 0 fully saturated rings. The lowest BCUT2D eigenvalue weighted by Crippen LogP contribution is -2.11. The third-order valence-corrected chi connectivity index (χ3v) is 1.91. The Labute approximate surface area is 94.3 Å². The van der Waals surface area contributed by atoms with Crippen LogP contribution in [0.1, 0.15) is 16.9 Å². The number of halogens is 2. The van der Waals surface area contributed by atoms with Gasteiger partial charge in [-0.1, -0.05) is 0 Å². The molecule has 1 N–H and O–H groups in total. The maximum absolute atomic E-state index is 12.2. The Morgan fingerprint density at radius 1 is 1.35 bits per heavy atom. The molecule has 6 nitrogen and oxygen atoms in total. The molecule has 0 atom stereocenters. The molecule has 0 aliphatic rings. The first-order valence-corrected chi connectivity index (χ1v) is 4.57. The van der Waals surface area contributed by atoms with E-state index in [9.17, 15) is 13.6 Å². The van der Waals surface area contributed by atoms with E-state index in [1.165, 1.54) is 18.5 Å². The van der Waals surface area contributed by atoms with Crippen LogP contribution in [-0.4, -0.2) is 25.9 Å². The van der Waals surface area contributed by atoms with Crippen LogP contribution in [0.5, 0.6) is 0 Å². The van der Waals surface area contributed by atoms with Gasteiger partial charge in [0.2, 0.25) is 0 Å². The second-order valence-corrected chi connectivity index (χ2v) is 3.07. The van der Waals surface area contributed by atoms with Crippen LogP contribution in [-0.2, 0) is 0 Å². The van der Waals surface area contributed by atoms with Crippen molar-refractivity contribution in [2.45, 2.75) is 6.55 Å². The predicted octanol–water partition coefficient (Wildman–Crippen LogP) is 1.32. The van der Waals surface area contributed by atoms with Crippen LogP contribution in [0.25, 0.3) is 0 Å². The molecule has 2 heterocycles. The molecule has 8 heteroatoms. The van der Waals surface area contributed by atoms with Gasteiger partial charge in [-0.05, 0) is 6.07 Å². The number of aromatic nitrogens is 4. The van der Waals surface area contributed by atoms with Gasteiger partial charge in [0.1, 0.15) is 0 Å². The molecule has 17 heavy (non-hydrogen) atoms. The lowest BCUT2D eigenvalue weighted by molar-refractivity contribution is 0.0565. The summed E-state index contributed by atoms with van der Waals surface area (Å²) >= 11 is 0. The van der Waals surface area contributed by atoms with Gasteiger partial charge in [0.15, 0.2) is 0 Å². The lowest BCUT2D eigenvalue weighted by Gasteiger charge is -2.01. The zero-order valence-corrected chi connectivity index (χ0v) is 8.42. The molecule has 0 aliphatic carbocycles. The molecule has 0 radical (unpaired) electrons. The summed E-state index contributed by atoms with van der Waals surface area (Å²) in [5, 5.41) is 12.9. The minimum atomic E-state index is -2.76. The van der Waals surface area contributed by atoms with Gasteiger partial charge in [-0.3, -0.25) is 4.79 Å². The van der Waals surface area contributed by atoms with Gasteiger partial charge in [-0.25, -0.2) is 4.68 Å². The fourth-order valence-electron chi connectivity index (χ4n) is 1.13. The number of carbonyl (C=O) groups is 1. The first kappa shape index (κ1) is 11.1. The molecule has 1 amide bonds. The quantitative estimate of drug-likeness (QED) is 0.876. The van der Waals surface area contributed by atoms with Crippen molar-refractivity contribution in [1.29, 1.82) is 0 Å². The van der Waals surface area contributed by atoms with Crippen molar-refractivity contribution in [3.8, 4) is 0 Å². The summed E-state index contributed by atoms with van der Waals surface area (Å²) in [6.07, 6.45) is 4.78. The zero-order chi connectivity index (χ0) is 12.3. The fourth-order valence-corrected chi connectivity index (χ4v) is 1.13. The summed E-state index contributed by atoms with van der Waals surface area (Å²) < 4.78 is 24.8. The Morgan fingerprint density at radius 3 is 2.76 bits per heavy atom. The fraction of sp³-hybridized carbons (Fsp3) is 0.111. The molecule has 0 aromatic carbocycles. The SMILES string of the molecule is O=C(Nc1ccnnc1)c1cnn(C(F)F)c1. The van der Waals surface area contributed by atoms with Gasteiger partial charge in [0, 0.05) is 6.20 Å². The van der Waals surface area contributed by atoms with Crippen LogP contribution in [0.2, 0.25) is 0 Å². The van der Waals surface area contributed by atoms with E-state index in [1.807, 2.05) is 0 Å². The number of hydrogen-bond acceptors (Lipinski definition) is 4. The molecule has 88 valence electrons. The highest BCUT2D eigenvalue weighted by Crippen LogP contribution is 2.11. The van der Waals surface area contributed by atoms with Gasteiger partial charge in [0.25, 0.3) is 5.91 Å². The smallest absolute Gasteiger partial charge is 0.320 e. The van der Waals surface area contributed by atoms with Crippen molar-refractivity contribution in [1.82, 2.24) is 20.0 Å². The zero-order valence-electron chi connectivity index (χ0n) is 8.42. The lowest BCUT2D eigenvalue weighted by atomic mass is 10.3. The van der Waals surface area contributed by atoms with Crippen molar-refractivity contribution in [3.63, 3.8) is 0 Å². The number of carbonyl (C=O) groups excluding carboxylic acids is 1. The van der Waals surface area contributed by atoms with Crippen LogP contribution < -0.4 is 5.32 Å². The van der Waals surface area contributed by atoms with Crippen molar-refractivity contribution in [3.05, 3.63) is 36.4 Å². The Balaban J connectivity index is 2.10. The summed E-state index contributed by atoms with van der Waals surface area (Å²) in [5.74, 6) is -0.537. The van der Waals surface area contributed by atoms with Gasteiger partial charge in [-0.2, -0.15) is 24.1 Å². The molecular weight excluding hydrogens is 232 g/mol. The molecule has 0 saturated heterocycles. The standard InChI is InChI=1S/C9H7F2N5O/c10-9(11)16-5-6(3-14-16)8(17)15-7-1-2-12-13-4-7/h1-5,9H,(H,12,15,17). The third kappa shape index (κ3) is 2.60. The van der Waals surface area contributed by atoms with Crippen molar-refractivity contribution >= 4 is 11.6 Å². The van der Waals surface area contributed by atoms with Gasteiger partial charge >= 0.3 is 6.55 Å². The summed E-state index contributed by atoms with van der Waals surface area (Å²) in [6.45, 7) is -2.76. The number of nitrogens with zero attached hydrogens (tertiary/aromatic N) is 4. The van der Waals surface area contributed by atoms with Crippen LogP contribution in [0.3, 0.4) is 0 Å². The van der Waals surface area contributed by atoms with Gasteiger partial charge in [-0.15, -0.1) is 0 Å². The highest BCUT2D eigenvalue weighted by atomic mass is 19.3. The number of alkyl halides is 2. The summed E-state index contributed by atoms with van der Waals surface area (Å²) in [7, 11) is 0. The van der Waals surface area contributed by atoms with E-state index in [0.717, 1.165) is 12.4 Å². The van der Waals surface area contributed by atoms with E-state index in [1.54, 1.807) is 0 Å². The van der Waals surface area contributed by atoms with E-state index in [-0.39, 0.29) is 5.56 Å². The first-order valence-electron chi connectivity index (χ1n) is 4.57. The Bertz CT molecular complexity index is 513.